The molecule has 0 spiro atoms. The molecule has 0 saturated carbocycles. The Labute approximate surface area is 158 Å². The molecule has 2 heterocycles. The highest BCUT2D eigenvalue weighted by molar-refractivity contribution is 7.14. The van der Waals surface area contributed by atoms with Crippen molar-refractivity contribution in [2.45, 2.75) is 27.3 Å². The van der Waals surface area contributed by atoms with E-state index < -0.39 is 0 Å². The van der Waals surface area contributed by atoms with Crippen molar-refractivity contribution in [3.63, 3.8) is 0 Å². The molecule has 0 aliphatic rings. The van der Waals surface area contributed by atoms with Crippen LogP contribution in [0, 0.1) is 13.8 Å². The number of anilines is 1. The lowest BCUT2D eigenvalue weighted by molar-refractivity contribution is 0.806. The Morgan fingerprint density at radius 1 is 1.08 bits per heavy atom. The molecule has 0 saturated heterocycles. The zero-order valence-corrected chi connectivity index (χ0v) is 16.2. The van der Waals surface area contributed by atoms with Crippen molar-refractivity contribution in [3.05, 3.63) is 70.7 Å². The van der Waals surface area contributed by atoms with Crippen molar-refractivity contribution in [1.29, 1.82) is 0 Å². The van der Waals surface area contributed by atoms with Gasteiger partial charge >= 0.3 is 0 Å². The third-order valence-electron chi connectivity index (χ3n) is 4.75. The molecule has 0 fully saturated rings. The van der Waals surface area contributed by atoms with E-state index in [0.29, 0.717) is 0 Å². The number of fused-ring (bicyclic) bond motifs is 1. The van der Waals surface area contributed by atoms with Crippen molar-refractivity contribution < 1.29 is 0 Å². The first-order valence-electron chi connectivity index (χ1n) is 9.00. The van der Waals surface area contributed by atoms with Crippen molar-refractivity contribution in [1.82, 2.24) is 9.55 Å². The summed E-state index contributed by atoms with van der Waals surface area (Å²) in [5.41, 5.74) is 7.43. The first-order valence-corrected chi connectivity index (χ1v) is 9.88. The molecule has 132 valence electrons. The van der Waals surface area contributed by atoms with E-state index in [2.05, 4.69) is 84.6 Å². The number of hydrogen-bond donors (Lipinski definition) is 1. The number of thiazole rings is 1. The zero-order valence-electron chi connectivity index (χ0n) is 15.4. The quantitative estimate of drug-likeness (QED) is 0.482. The molecule has 2 aromatic heterocycles. The summed E-state index contributed by atoms with van der Waals surface area (Å²) in [6, 6.07) is 17.4. The van der Waals surface area contributed by atoms with Gasteiger partial charge in [-0.3, -0.25) is 0 Å². The van der Waals surface area contributed by atoms with Crippen LogP contribution in [0.4, 0.5) is 5.13 Å². The largest absolute Gasteiger partial charge is 0.362 e. The number of hydrogen-bond acceptors (Lipinski definition) is 3. The third kappa shape index (κ3) is 3.01. The summed E-state index contributed by atoms with van der Waals surface area (Å²) in [7, 11) is 0. The molecule has 0 aliphatic heterocycles. The van der Waals surface area contributed by atoms with Gasteiger partial charge in [0.05, 0.1) is 5.69 Å². The van der Waals surface area contributed by atoms with E-state index in [1.54, 1.807) is 11.3 Å². The maximum absolute atomic E-state index is 4.83. The van der Waals surface area contributed by atoms with E-state index in [4.69, 9.17) is 4.98 Å². The van der Waals surface area contributed by atoms with Crippen LogP contribution in [0.5, 0.6) is 0 Å². The lowest BCUT2D eigenvalue weighted by atomic mass is 10.1. The van der Waals surface area contributed by atoms with Gasteiger partial charge in [0, 0.05) is 40.6 Å². The van der Waals surface area contributed by atoms with Crippen molar-refractivity contribution in [2.75, 3.05) is 11.9 Å². The Bertz CT molecular complexity index is 1040. The number of aromatic nitrogens is 2. The molecule has 3 nitrogen and oxygen atoms in total. The number of rotatable bonds is 5. The van der Waals surface area contributed by atoms with Gasteiger partial charge in [0.25, 0.3) is 0 Å². The number of nitrogens with one attached hydrogen (secondary N) is 1. The maximum atomic E-state index is 4.83. The Morgan fingerprint density at radius 3 is 2.65 bits per heavy atom. The van der Waals surface area contributed by atoms with Crippen molar-refractivity contribution >= 4 is 27.4 Å². The second-order valence-electron chi connectivity index (χ2n) is 6.62. The van der Waals surface area contributed by atoms with E-state index in [1.807, 2.05) is 0 Å². The number of benzene rings is 2. The standard InChI is InChI=1S/C22H23N3S/c1-4-23-22-24-19(14-26-22)21-16(3)25(13-17-8-6-5-7-9-17)20-11-10-15(2)12-18(20)21/h5-12,14H,4,13H2,1-3H3,(H,23,24). The van der Waals surface area contributed by atoms with Gasteiger partial charge in [-0.15, -0.1) is 11.3 Å². The molecule has 4 heteroatoms. The van der Waals surface area contributed by atoms with Crippen LogP contribution in [0.2, 0.25) is 0 Å². The molecule has 1 N–H and O–H groups in total. The highest BCUT2D eigenvalue weighted by atomic mass is 32.1. The molecule has 0 amide bonds. The number of nitrogens with zero attached hydrogens (tertiary/aromatic N) is 2. The Balaban J connectivity index is 1.89. The van der Waals surface area contributed by atoms with Gasteiger partial charge in [0.2, 0.25) is 0 Å². The van der Waals surface area contributed by atoms with Crippen LogP contribution in [0.15, 0.2) is 53.9 Å². The molecule has 0 unspecified atom stereocenters. The van der Waals surface area contributed by atoms with E-state index >= 15 is 0 Å². The first-order chi connectivity index (χ1) is 12.7. The smallest absolute Gasteiger partial charge is 0.183 e. The maximum Gasteiger partial charge on any atom is 0.183 e. The first kappa shape index (κ1) is 16.9. The molecular weight excluding hydrogens is 338 g/mol. The normalized spacial score (nSPS) is 11.2. The number of aryl methyl sites for hydroxylation is 1. The van der Waals surface area contributed by atoms with E-state index in [0.717, 1.165) is 23.9 Å². The molecule has 0 atom stereocenters. The molecule has 26 heavy (non-hydrogen) atoms. The van der Waals surface area contributed by atoms with E-state index in [1.165, 1.54) is 33.3 Å². The molecule has 0 bridgehead atoms. The van der Waals surface area contributed by atoms with Crippen LogP contribution in [-0.4, -0.2) is 16.1 Å². The van der Waals surface area contributed by atoms with Crippen LogP contribution < -0.4 is 5.32 Å². The van der Waals surface area contributed by atoms with Crippen LogP contribution in [0.3, 0.4) is 0 Å². The summed E-state index contributed by atoms with van der Waals surface area (Å²) in [5, 5.41) is 7.75. The van der Waals surface area contributed by atoms with E-state index in [9.17, 15) is 0 Å². The van der Waals surface area contributed by atoms with Crippen LogP contribution in [0.1, 0.15) is 23.7 Å². The van der Waals surface area contributed by atoms with Gasteiger partial charge < -0.3 is 9.88 Å². The van der Waals surface area contributed by atoms with Crippen LogP contribution in [0.25, 0.3) is 22.2 Å². The van der Waals surface area contributed by atoms with Crippen LogP contribution in [-0.2, 0) is 6.54 Å². The minimum atomic E-state index is 0.871. The lowest BCUT2D eigenvalue weighted by Gasteiger charge is -2.09. The van der Waals surface area contributed by atoms with E-state index in [-0.39, 0.29) is 0 Å². The summed E-state index contributed by atoms with van der Waals surface area (Å²) in [6.07, 6.45) is 0. The molecule has 0 radical (unpaired) electrons. The summed E-state index contributed by atoms with van der Waals surface area (Å²) < 4.78 is 2.41. The van der Waals surface area contributed by atoms with Gasteiger partial charge in [0.15, 0.2) is 5.13 Å². The Kier molecular flexibility index (Phi) is 4.51. The summed E-state index contributed by atoms with van der Waals surface area (Å²) in [4.78, 5) is 4.83. The minimum absolute atomic E-state index is 0.871. The highest BCUT2D eigenvalue weighted by Gasteiger charge is 2.18. The fraction of sp³-hybridized carbons (Fsp3) is 0.227. The SMILES string of the molecule is CCNc1nc(-c2c(C)n(Cc3ccccc3)c3ccc(C)cc23)cs1. The predicted octanol–water partition coefficient (Wildman–Crippen LogP) is 5.86. The van der Waals surface area contributed by atoms with Crippen molar-refractivity contribution in [3.8, 4) is 11.3 Å². The van der Waals surface area contributed by atoms with Gasteiger partial charge in [0.1, 0.15) is 0 Å². The molecular formula is C22H23N3S. The fourth-order valence-electron chi connectivity index (χ4n) is 3.51. The second-order valence-corrected chi connectivity index (χ2v) is 7.48. The monoisotopic (exact) mass is 361 g/mol. The Morgan fingerprint density at radius 2 is 1.88 bits per heavy atom. The topological polar surface area (TPSA) is 29.9 Å². The van der Waals surface area contributed by atoms with Crippen molar-refractivity contribution in [2.24, 2.45) is 0 Å². The summed E-state index contributed by atoms with van der Waals surface area (Å²) in [5.74, 6) is 0. The molecule has 4 rings (SSSR count). The highest BCUT2D eigenvalue weighted by Crippen LogP contribution is 2.37. The average molecular weight is 362 g/mol. The molecule has 0 aliphatic carbocycles. The zero-order chi connectivity index (χ0) is 18.1. The van der Waals surface area contributed by atoms with Gasteiger partial charge in [-0.2, -0.15) is 0 Å². The average Bonchev–Trinajstić information content (AvgIpc) is 3.19. The minimum Gasteiger partial charge on any atom is -0.362 e. The van der Waals surface area contributed by atoms with Gasteiger partial charge in [-0.1, -0.05) is 42.0 Å². The summed E-state index contributed by atoms with van der Waals surface area (Å²) >= 11 is 1.67. The fourth-order valence-corrected chi connectivity index (χ4v) is 4.28. The Hall–Kier alpha value is -2.59. The van der Waals surface area contributed by atoms with Crippen LogP contribution >= 0.6 is 11.3 Å². The third-order valence-corrected chi connectivity index (χ3v) is 5.55. The van der Waals surface area contributed by atoms with Gasteiger partial charge in [-0.25, -0.2) is 4.98 Å². The van der Waals surface area contributed by atoms with Gasteiger partial charge in [-0.05, 0) is 38.5 Å². The summed E-state index contributed by atoms with van der Waals surface area (Å²) in [6.45, 7) is 8.22. The molecule has 4 aromatic rings. The second kappa shape index (κ2) is 6.96. The molecule has 2 aromatic carbocycles. The lowest BCUT2D eigenvalue weighted by Crippen LogP contribution is -2.01. The predicted molar refractivity (Wildman–Crippen MR) is 112 cm³/mol.